The van der Waals surface area contributed by atoms with Crippen LogP contribution in [0.4, 0.5) is 0 Å². The minimum atomic E-state index is 0.834. The summed E-state index contributed by atoms with van der Waals surface area (Å²) in [7, 11) is 6.00. The predicted octanol–water partition coefficient (Wildman–Crippen LogP) is 4.20. The molecule has 0 saturated heterocycles. The molecule has 1 aromatic heterocycles. The van der Waals surface area contributed by atoms with Crippen LogP contribution in [-0.4, -0.2) is 49.1 Å². The minimum Gasteiger partial charge on any atom is -0.496 e. The van der Waals surface area contributed by atoms with E-state index >= 15 is 0 Å². The third kappa shape index (κ3) is 5.28. The fraction of sp³-hybridized carbons (Fsp3) is 0.348. The van der Waals surface area contributed by atoms with Crippen molar-refractivity contribution < 1.29 is 4.74 Å². The first-order chi connectivity index (χ1) is 13.2. The Bertz CT molecular complexity index is 849. The van der Waals surface area contributed by atoms with Crippen LogP contribution in [0.1, 0.15) is 17.7 Å². The Morgan fingerprint density at radius 3 is 2.44 bits per heavy atom. The Hall–Kier alpha value is -2.43. The van der Waals surface area contributed by atoms with E-state index in [1.165, 1.54) is 16.3 Å². The van der Waals surface area contributed by atoms with Gasteiger partial charge in [-0.1, -0.05) is 36.4 Å². The van der Waals surface area contributed by atoms with Gasteiger partial charge in [-0.3, -0.25) is 9.88 Å². The Balaban J connectivity index is 1.87. The number of hydrogen-bond donors (Lipinski definition) is 0. The van der Waals surface area contributed by atoms with E-state index in [4.69, 9.17) is 4.74 Å². The van der Waals surface area contributed by atoms with Gasteiger partial charge in [0.05, 0.1) is 12.8 Å². The van der Waals surface area contributed by atoms with Crippen molar-refractivity contribution in [3.05, 3.63) is 72.1 Å². The van der Waals surface area contributed by atoms with Gasteiger partial charge in [0.25, 0.3) is 0 Å². The summed E-state index contributed by atoms with van der Waals surface area (Å²) in [6, 6.07) is 18.9. The fourth-order valence-corrected chi connectivity index (χ4v) is 3.44. The Kier molecular flexibility index (Phi) is 6.80. The van der Waals surface area contributed by atoms with Gasteiger partial charge in [-0.2, -0.15) is 0 Å². The summed E-state index contributed by atoms with van der Waals surface area (Å²) in [6.45, 7) is 3.77. The van der Waals surface area contributed by atoms with Crippen LogP contribution < -0.4 is 4.74 Å². The zero-order chi connectivity index (χ0) is 19.1. The van der Waals surface area contributed by atoms with E-state index in [-0.39, 0.29) is 0 Å². The van der Waals surface area contributed by atoms with Gasteiger partial charge in [0, 0.05) is 31.4 Å². The molecule has 0 bridgehead atoms. The Morgan fingerprint density at radius 2 is 1.70 bits per heavy atom. The number of fused-ring (bicyclic) bond motifs is 1. The molecule has 3 aromatic rings. The summed E-state index contributed by atoms with van der Waals surface area (Å²) in [5, 5.41) is 2.51. The topological polar surface area (TPSA) is 28.6 Å². The SMILES string of the molecule is COc1ccc2ccccc2c1CN(CCCN(C)C)Cc1ccccn1. The summed E-state index contributed by atoms with van der Waals surface area (Å²) in [4.78, 5) is 9.23. The number of ether oxygens (including phenoxy) is 1. The van der Waals surface area contributed by atoms with E-state index in [0.29, 0.717) is 0 Å². The molecule has 2 aromatic carbocycles. The first-order valence-electron chi connectivity index (χ1n) is 9.49. The third-order valence-corrected chi connectivity index (χ3v) is 4.79. The second-order valence-corrected chi connectivity index (χ2v) is 7.16. The molecule has 1 heterocycles. The molecular weight excluding hydrogens is 334 g/mol. The Morgan fingerprint density at radius 1 is 0.889 bits per heavy atom. The summed E-state index contributed by atoms with van der Waals surface area (Å²) in [5.74, 6) is 0.951. The number of pyridine rings is 1. The third-order valence-electron chi connectivity index (χ3n) is 4.79. The monoisotopic (exact) mass is 363 g/mol. The van der Waals surface area contributed by atoms with Crippen molar-refractivity contribution in [1.82, 2.24) is 14.8 Å². The van der Waals surface area contributed by atoms with E-state index in [2.05, 4.69) is 77.4 Å². The van der Waals surface area contributed by atoms with Gasteiger partial charge < -0.3 is 9.64 Å². The summed E-state index contributed by atoms with van der Waals surface area (Å²) in [6.07, 6.45) is 2.98. The van der Waals surface area contributed by atoms with Gasteiger partial charge in [0.1, 0.15) is 5.75 Å². The van der Waals surface area contributed by atoms with Crippen molar-refractivity contribution >= 4 is 10.8 Å². The molecule has 27 heavy (non-hydrogen) atoms. The van der Waals surface area contributed by atoms with E-state index in [0.717, 1.165) is 44.0 Å². The van der Waals surface area contributed by atoms with Gasteiger partial charge in [-0.15, -0.1) is 0 Å². The van der Waals surface area contributed by atoms with E-state index in [9.17, 15) is 0 Å². The molecular formula is C23H29N3O. The Labute approximate surface area is 162 Å². The maximum absolute atomic E-state index is 5.70. The molecule has 0 spiro atoms. The largest absolute Gasteiger partial charge is 0.496 e. The number of methoxy groups -OCH3 is 1. The molecule has 0 aliphatic rings. The maximum Gasteiger partial charge on any atom is 0.123 e. The molecule has 0 amide bonds. The average molecular weight is 364 g/mol. The highest BCUT2D eigenvalue weighted by Crippen LogP contribution is 2.29. The maximum atomic E-state index is 5.70. The van der Waals surface area contributed by atoms with Crippen LogP contribution in [0.5, 0.6) is 5.75 Å². The smallest absolute Gasteiger partial charge is 0.123 e. The van der Waals surface area contributed by atoms with E-state index in [1.54, 1.807) is 7.11 Å². The van der Waals surface area contributed by atoms with Gasteiger partial charge in [-0.05, 0) is 56.0 Å². The lowest BCUT2D eigenvalue weighted by Crippen LogP contribution is -2.27. The number of rotatable bonds is 9. The zero-order valence-corrected chi connectivity index (χ0v) is 16.6. The van der Waals surface area contributed by atoms with Gasteiger partial charge in [-0.25, -0.2) is 0 Å². The van der Waals surface area contributed by atoms with Gasteiger partial charge >= 0.3 is 0 Å². The molecule has 0 atom stereocenters. The highest BCUT2D eigenvalue weighted by molar-refractivity contribution is 5.87. The molecule has 0 radical (unpaired) electrons. The summed E-state index contributed by atoms with van der Waals surface area (Å²) >= 11 is 0. The van der Waals surface area contributed by atoms with Crippen molar-refractivity contribution in [1.29, 1.82) is 0 Å². The molecule has 142 valence electrons. The second-order valence-electron chi connectivity index (χ2n) is 7.16. The van der Waals surface area contributed by atoms with E-state index in [1.807, 2.05) is 12.3 Å². The van der Waals surface area contributed by atoms with Crippen molar-refractivity contribution in [3.63, 3.8) is 0 Å². The van der Waals surface area contributed by atoms with Gasteiger partial charge in [0.2, 0.25) is 0 Å². The summed E-state index contributed by atoms with van der Waals surface area (Å²) < 4.78 is 5.70. The standard InChI is InChI=1S/C23H29N3O/c1-25(2)15-8-16-26(17-20-10-6-7-14-24-20)18-22-21-11-5-4-9-19(21)12-13-23(22)27-3/h4-7,9-14H,8,15-18H2,1-3H3. The first kappa shape index (κ1) is 19.3. The predicted molar refractivity (Wildman–Crippen MR) is 112 cm³/mol. The number of nitrogens with zero attached hydrogens (tertiary/aromatic N) is 3. The van der Waals surface area contributed by atoms with Crippen molar-refractivity contribution in [2.45, 2.75) is 19.5 Å². The quantitative estimate of drug-likeness (QED) is 0.570. The van der Waals surface area contributed by atoms with Gasteiger partial charge in [0.15, 0.2) is 0 Å². The lowest BCUT2D eigenvalue weighted by molar-refractivity contribution is 0.235. The van der Waals surface area contributed by atoms with Crippen LogP contribution in [0.15, 0.2) is 60.8 Å². The molecule has 4 heteroatoms. The van der Waals surface area contributed by atoms with Crippen LogP contribution >= 0.6 is 0 Å². The number of benzene rings is 2. The molecule has 0 aliphatic heterocycles. The van der Waals surface area contributed by atoms with Crippen LogP contribution in [-0.2, 0) is 13.1 Å². The molecule has 0 aliphatic carbocycles. The van der Waals surface area contributed by atoms with Crippen LogP contribution in [0.2, 0.25) is 0 Å². The first-order valence-corrected chi connectivity index (χ1v) is 9.49. The highest BCUT2D eigenvalue weighted by Gasteiger charge is 2.14. The molecule has 0 N–H and O–H groups in total. The lowest BCUT2D eigenvalue weighted by Gasteiger charge is -2.25. The molecule has 3 rings (SSSR count). The van der Waals surface area contributed by atoms with Crippen molar-refractivity contribution in [2.75, 3.05) is 34.3 Å². The second kappa shape index (κ2) is 9.49. The molecule has 0 saturated carbocycles. The average Bonchev–Trinajstić information content (AvgIpc) is 2.68. The zero-order valence-electron chi connectivity index (χ0n) is 16.6. The minimum absolute atomic E-state index is 0.834. The lowest BCUT2D eigenvalue weighted by atomic mass is 10.0. The van der Waals surface area contributed by atoms with Crippen molar-refractivity contribution in [3.8, 4) is 5.75 Å². The highest BCUT2D eigenvalue weighted by atomic mass is 16.5. The van der Waals surface area contributed by atoms with Crippen LogP contribution in [0, 0.1) is 0 Å². The van der Waals surface area contributed by atoms with Crippen molar-refractivity contribution in [2.24, 2.45) is 0 Å². The molecule has 0 unspecified atom stereocenters. The number of hydrogen-bond acceptors (Lipinski definition) is 4. The molecule has 4 nitrogen and oxygen atoms in total. The normalized spacial score (nSPS) is 11.4. The summed E-state index contributed by atoms with van der Waals surface area (Å²) in [5.41, 5.74) is 2.35. The van der Waals surface area contributed by atoms with Crippen LogP contribution in [0.25, 0.3) is 10.8 Å². The number of aromatic nitrogens is 1. The van der Waals surface area contributed by atoms with E-state index < -0.39 is 0 Å². The van der Waals surface area contributed by atoms with Crippen LogP contribution in [0.3, 0.4) is 0 Å². The molecule has 0 fully saturated rings. The fourth-order valence-electron chi connectivity index (χ4n) is 3.44.